The summed E-state index contributed by atoms with van der Waals surface area (Å²) in [5, 5.41) is 6.97. The van der Waals surface area contributed by atoms with Gasteiger partial charge >= 0.3 is 0 Å². The lowest BCUT2D eigenvalue weighted by Gasteiger charge is -2.09. The number of nitrogens with one attached hydrogen (secondary N) is 1. The molecule has 1 aromatic carbocycles. The number of aromatic nitrogens is 4. The first-order valence-electron chi connectivity index (χ1n) is 9.07. The molecule has 3 rings (SSSR count). The van der Waals surface area contributed by atoms with Gasteiger partial charge in [0.2, 0.25) is 0 Å². The van der Waals surface area contributed by atoms with Gasteiger partial charge in [-0.25, -0.2) is 9.67 Å². The van der Waals surface area contributed by atoms with Gasteiger partial charge in [-0.1, -0.05) is 37.3 Å². The lowest BCUT2D eigenvalue weighted by molar-refractivity contribution is 0.0946. The van der Waals surface area contributed by atoms with Crippen LogP contribution in [0.4, 0.5) is 0 Å². The summed E-state index contributed by atoms with van der Waals surface area (Å²) in [5.41, 5.74) is 1.25. The predicted molar refractivity (Wildman–Crippen MR) is 103 cm³/mol. The van der Waals surface area contributed by atoms with Crippen molar-refractivity contribution in [3.63, 3.8) is 0 Å². The molecular formula is C20H23N5O2. The summed E-state index contributed by atoms with van der Waals surface area (Å²) < 4.78 is 3.39. The van der Waals surface area contributed by atoms with Crippen LogP contribution in [0.15, 0.2) is 59.7 Å². The van der Waals surface area contributed by atoms with Crippen LogP contribution in [0.3, 0.4) is 0 Å². The number of carbonyl (C=O) groups excluding carboxylic acids is 1. The van der Waals surface area contributed by atoms with Gasteiger partial charge in [0.25, 0.3) is 11.5 Å². The van der Waals surface area contributed by atoms with Gasteiger partial charge in [0.05, 0.1) is 0 Å². The second-order valence-corrected chi connectivity index (χ2v) is 6.24. The molecule has 0 unspecified atom stereocenters. The number of rotatable bonds is 8. The van der Waals surface area contributed by atoms with Crippen LogP contribution >= 0.6 is 0 Å². The first kappa shape index (κ1) is 18.6. The zero-order valence-corrected chi connectivity index (χ0v) is 15.3. The van der Waals surface area contributed by atoms with E-state index in [9.17, 15) is 9.59 Å². The van der Waals surface area contributed by atoms with Crippen molar-refractivity contribution in [3.05, 3.63) is 82.3 Å². The standard InChI is InChI=1S/C20H23N5O2/c1-2-13-25-19(26)9-8-17(23-25)20(27)22-11-10-18-21-12-14-24(18)15-16-6-4-3-5-7-16/h3-9,12,14H,2,10-11,13,15H2,1H3,(H,22,27). The van der Waals surface area contributed by atoms with Gasteiger partial charge in [-0.05, 0) is 18.1 Å². The van der Waals surface area contributed by atoms with Crippen molar-refractivity contribution < 1.29 is 4.79 Å². The van der Waals surface area contributed by atoms with Crippen molar-refractivity contribution in [2.75, 3.05) is 6.54 Å². The maximum absolute atomic E-state index is 12.3. The van der Waals surface area contributed by atoms with E-state index in [0.29, 0.717) is 19.5 Å². The number of benzene rings is 1. The average molecular weight is 365 g/mol. The minimum atomic E-state index is -0.291. The van der Waals surface area contributed by atoms with Crippen LogP contribution in [-0.2, 0) is 19.5 Å². The van der Waals surface area contributed by atoms with E-state index in [-0.39, 0.29) is 17.2 Å². The van der Waals surface area contributed by atoms with E-state index >= 15 is 0 Å². The molecular weight excluding hydrogens is 342 g/mol. The van der Waals surface area contributed by atoms with Gasteiger partial charge < -0.3 is 9.88 Å². The number of aryl methyl sites for hydroxylation is 1. The van der Waals surface area contributed by atoms with Crippen molar-refractivity contribution in [2.24, 2.45) is 0 Å². The lowest BCUT2D eigenvalue weighted by Crippen LogP contribution is -2.31. The lowest BCUT2D eigenvalue weighted by atomic mass is 10.2. The smallest absolute Gasteiger partial charge is 0.271 e. The summed E-state index contributed by atoms with van der Waals surface area (Å²) in [4.78, 5) is 28.4. The van der Waals surface area contributed by atoms with Gasteiger partial charge in [0, 0.05) is 44.5 Å². The van der Waals surface area contributed by atoms with Crippen LogP contribution in [0.2, 0.25) is 0 Å². The fraction of sp³-hybridized carbons (Fsp3) is 0.300. The van der Waals surface area contributed by atoms with E-state index in [2.05, 4.69) is 32.1 Å². The highest BCUT2D eigenvalue weighted by molar-refractivity contribution is 5.91. The Morgan fingerprint density at radius 1 is 1.15 bits per heavy atom. The fourth-order valence-corrected chi connectivity index (χ4v) is 2.81. The van der Waals surface area contributed by atoms with Crippen LogP contribution in [0.1, 0.15) is 35.2 Å². The number of amides is 1. The molecule has 0 aliphatic rings. The molecule has 0 aliphatic heterocycles. The molecule has 0 spiro atoms. The van der Waals surface area contributed by atoms with Crippen molar-refractivity contribution in [3.8, 4) is 0 Å². The molecule has 2 aromatic heterocycles. The third-order valence-corrected chi connectivity index (χ3v) is 4.17. The van der Waals surface area contributed by atoms with Crippen molar-refractivity contribution in [1.29, 1.82) is 0 Å². The molecule has 0 radical (unpaired) electrons. The van der Waals surface area contributed by atoms with Gasteiger partial charge in [0.1, 0.15) is 11.5 Å². The molecule has 1 amide bonds. The first-order valence-corrected chi connectivity index (χ1v) is 9.07. The highest BCUT2D eigenvalue weighted by Gasteiger charge is 2.10. The van der Waals surface area contributed by atoms with E-state index in [0.717, 1.165) is 18.8 Å². The summed E-state index contributed by atoms with van der Waals surface area (Å²) in [6.45, 7) is 3.64. The van der Waals surface area contributed by atoms with Gasteiger partial charge in [-0.3, -0.25) is 9.59 Å². The Kier molecular flexibility index (Phi) is 6.14. The summed E-state index contributed by atoms with van der Waals surface area (Å²) >= 11 is 0. The maximum atomic E-state index is 12.3. The number of nitrogens with zero attached hydrogens (tertiary/aromatic N) is 4. The normalized spacial score (nSPS) is 10.7. The fourth-order valence-electron chi connectivity index (χ4n) is 2.81. The zero-order valence-electron chi connectivity index (χ0n) is 15.3. The van der Waals surface area contributed by atoms with E-state index in [1.54, 1.807) is 6.20 Å². The van der Waals surface area contributed by atoms with Crippen LogP contribution in [-0.4, -0.2) is 31.8 Å². The largest absolute Gasteiger partial charge is 0.350 e. The Hall–Kier alpha value is -3.22. The Morgan fingerprint density at radius 3 is 2.74 bits per heavy atom. The maximum Gasteiger partial charge on any atom is 0.271 e. The number of hydrogen-bond donors (Lipinski definition) is 1. The van der Waals surface area contributed by atoms with Gasteiger partial charge in [-0.15, -0.1) is 0 Å². The van der Waals surface area contributed by atoms with Crippen LogP contribution in [0, 0.1) is 0 Å². The Bertz CT molecular complexity index is 946. The molecule has 27 heavy (non-hydrogen) atoms. The third-order valence-electron chi connectivity index (χ3n) is 4.17. The molecule has 0 aliphatic carbocycles. The minimum Gasteiger partial charge on any atom is -0.350 e. The average Bonchev–Trinajstić information content (AvgIpc) is 3.11. The molecule has 0 saturated heterocycles. The zero-order chi connectivity index (χ0) is 19.1. The monoisotopic (exact) mass is 365 g/mol. The minimum absolute atomic E-state index is 0.198. The quantitative estimate of drug-likeness (QED) is 0.661. The number of carbonyl (C=O) groups is 1. The Labute approximate surface area is 157 Å². The highest BCUT2D eigenvalue weighted by atomic mass is 16.2. The molecule has 3 aromatic rings. The summed E-state index contributed by atoms with van der Waals surface area (Å²) in [6, 6.07) is 13.0. The molecule has 7 heteroatoms. The molecule has 7 nitrogen and oxygen atoms in total. The molecule has 140 valence electrons. The second-order valence-electron chi connectivity index (χ2n) is 6.24. The van der Waals surface area contributed by atoms with Crippen LogP contribution < -0.4 is 10.9 Å². The highest BCUT2D eigenvalue weighted by Crippen LogP contribution is 2.06. The molecule has 1 N–H and O–H groups in total. The predicted octanol–water partition coefficient (Wildman–Crippen LogP) is 1.87. The van der Waals surface area contributed by atoms with Crippen molar-refractivity contribution in [2.45, 2.75) is 32.9 Å². The van der Waals surface area contributed by atoms with E-state index < -0.39 is 0 Å². The topological polar surface area (TPSA) is 81.8 Å². The first-order chi connectivity index (χ1) is 13.2. The van der Waals surface area contributed by atoms with Crippen molar-refractivity contribution in [1.82, 2.24) is 24.6 Å². The molecule has 0 fully saturated rings. The molecule has 0 saturated carbocycles. The van der Waals surface area contributed by atoms with E-state index in [1.165, 1.54) is 22.4 Å². The van der Waals surface area contributed by atoms with E-state index in [1.807, 2.05) is 31.3 Å². The third kappa shape index (κ3) is 4.91. The SMILES string of the molecule is CCCn1nc(C(=O)NCCc2nccn2Cc2ccccc2)ccc1=O. The number of imidazole rings is 1. The van der Waals surface area contributed by atoms with Crippen LogP contribution in [0.5, 0.6) is 0 Å². The van der Waals surface area contributed by atoms with Gasteiger partial charge in [-0.2, -0.15) is 5.10 Å². The Balaban J connectivity index is 1.57. The molecule has 0 atom stereocenters. The van der Waals surface area contributed by atoms with Crippen LogP contribution in [0.25, 0.3) is 0 Å². The van der Waals surface area contributed by atoms with E-state index in [4.69, 9.17) is 0 Å². The number of hydrogen-bond acceptors (Lipinski definition) is 4. The summed E-state index contributed by atoms with van der Waals surface area (Å²) in [6.07, 6.45) is 5.09. The van der Waals surface area contributed by atoms with Crippen molar-refractivity contribution >= 4 is 5.91 Å². The molecule has 2 heterocycles. The second kappa shape index (κ2) is 8.93. The summed E-state index contributed by atoms with van der Waals surface area (Å²) in [5.74, 6) is 0.615. The van der Waals surface area contributed by atoms with Gasteiger partial charge in [0.15, 0.2) is 0 Å². The Morgan fingerprint density at radius 2 is 1.96 bits per heavy atom. The molecule has 0 bridgehead atoms. The summed E-state index contributed by atoms with van der Waals surface area (Å²) in [7, 11) is 0.